The summed E-state index contributed by atoms with van der Waals surface area (Å²) in [5.74, 6) is -0.227. The summed E-state index contributed by atoms with van der Waals surface area (Å²) in [6, 6.07) is 9.07. The molecule has 0 aliphatic heterocycles. The number of hydrogen-bond acceptors (Lipinski definition) is 9. The molecule has 0 aliphatic rings. The predicted octanol–water partition coefficient (Wildman–Crippen LogP) is 2.13. The van der Waals surface area contributed by atoms with Crippen molar-refractivity contribution in [2.45, 2.75) is 19.9 Å². The molecule has 0 saturated carbocycles. The number of pyridine rings is 1. The molecule has 6 N–H and O–H groups in total. The van der Waals surface area contributed by atoms with Crippen molar-refractivity contribution in [3.8, 4) is 5.75 Å². The van der Waals surface area contributed by atoms with Crippen LogP contribution in [0.25, 0.3) is 0 Å². The Morgan fingerprint density at radius 1 is 1.14 bits per heavy atom. The maximum absolute atomic E-state index is 12.1. The molecular weight excluding hydrogens is 374 g/mol. The number of esters is 1. The number of nitrogens with zero attached hydrogens (tertiary/aromatic N) is 3. The first kappa shape index (κ1) is 21.9. The Morgan fingerprint density at radius 3 is 2.48 bits per heavy atom. The Balaban J connectivity index is 2.16. The van der Waals surface area contributed by atoms with E-state index in [0.29, 0.717) is 17.2 Å². The van der Waals surface area contributed by atoms with E-state index >= 15 is 0 Å². The van der Waals surface area contributed by atoms with Gasteiger partial charge in [-0.3, -0.25) is 4.79 Å². The molecule has 10 nitrogen and oxygen atoms in total. The number of azo groups is 1. The number of likely N-dealkylation sites (N-methyl/N-ethyl adjacent to an activating group) is 1. The molecule has 0 saturated heterocycles. The van der Waals surface area contributed by atoms with Gasteiger partial charge in [-0.05, 0) is 37.2 Å². The highest BCUT2D eigenvalue weighted by atomic mass is 16.5. The molecule has 2 rings (SSSR count). The fourth-order valence-electron chi connectivity index (χ4n) is 2.15. The number of anilines is 2. The van der Waals surface area contributed by atoms with E-state index in [-0.39, 0.29) is 29.9 Å². The number of carbonyl (C=O) groups excluding carboxylic acids is 2. The summed E-state index contributed by atoms with van der Waals surface area (Å²) in [5, 5.41) is 13.5. The zero-order chi connectivity index (χ0) is 21.4. The molecule has 1 aromatic carbocycles. The first-order chi connectivity index (χ1) is 13.8. The summed E-state index contributed by atoms with van der Waals surface area (Å²) >= 11 is 0. The van der Waals surface area contributed by atoms with Crippen molar-refractivity contribution in [2.75, 3.05) is 24.6 Å². The van der Waals surface area contributed by atoms with Crippen LogP contribution in [0.15, 0.2) is 46.6 Å². The molecule has 1 heterocycles. The highest BCUT2D eigenvalue weighted by Gasteiger charge is 2.20. The zero-order valence-electron chi connectivity index (χ0n) is 16.5. The van der Waals surface area contributed by atoms with E-state index < -0.39 is 12.0 Å². The maximum atomic E-state index is 12.1. The van der Waals surface area contributed by atoms with E-state index in [1.165, 1.54) is 0 Å². The van der Waals surface area contributed by atoms with Gasteiger partial charge >= 0.3 is 5.97 Å². The van der Waals surface area contributed by atoms with E-state index in [1.54, 1.807) is 43.4 Å². The monoisotopic (exact) mass is 399 g/mol. The predicted molar refractivity (Wildman–Crippen MR) is 110 cm³/mol. The highest BCUT2D eigenvalue weighted by Crippen LogP contribution is 2.30. The second-order valence-electron chi connectivity index (χ2n) is 6.54. The summed E-state index contributed by atoms with van der Waals surface area (Å²) < 4.78 is 5.36. The fraction of sp³-hybridized carbons (Fsp3) is 0.316. The molecule has 0 radical (unpaired) electrons. The molecule has 0 spiro atoms. The van der Waals surface area contributed by atoms with Gasteiger partial charge in [0.1, 0.15) is 23.2 Å². The number of carbonyl (C=O) groups is 2. The van der Waals surface area contributed by atoms with Crippen LogP contribution >= 0.6 is 0 Å². The van der Waals surface area contributed by atoms with Crippen molar-refractivity contribution in [2.24, 2.45) is 21.9 Å². The lowest BCUT2D eigenvalue weighted by Crippen LogP contribution is -2.38. The van der Waals surface area contributed by atoms with Crippen molar-refractivity contribution >= 4 is 34.9 Å². The van der Waals surface area contributed by atoms with Crippen LogP contribution in [-0.2, 0) is 9.59 Å². The third-order valence-electron chi connectivity index (χ3n) is 3.84. The Morgan fingerprint density at radius 2 is 1.83 bits per heavy atom. The zero-order valence-corrected chi connectivity index (χ0v) is 16.5. The molecule has 0 fully saturated rings. The lowest BCUT2D eigenvalue weighted by Gasteiger charge is -2.14. The molecule has 10 heteroatoms. The number of para-hydroxylation sites is 1. The fourth-order valence-corrected chi connectivity index (χ4v) is 2.15. The normalized spacial score (nSPS) is 12.2. The number of rotatable bonds is 8. The van der Waals surface area contributed by atoms with Crippen LogP contribution in [0, 0.1) is 5.92 Å². The minimum atomic E-state index is -0.745. The third-order valence-corrected chi connectivity index (χ3v) is 3.84. The Kier molecular flexibility index (Phi) is 7.75. The molecule has 0 aliphatic carbocycles. The third kappa shape index (κ3) is 6.33. The Labute approximate surface area is 168 Å². The minimum absolute atomic E-state index is 0.0609. The van der Waals surface area contributed by atoms with Gasteiger partial charge in [0, 0.05) is 0 Å². The van der Waals surface area contributed by atoms with Gasteiger partial charge in [-0.15, -0.1) is 10.2 Å². The lowest BCUT2D eigenvalue weighted by molar-refractivity contribution is -0.136. The molecule has 0 unspecified atom stereocenters. The number of nitrogen functional groups attached to an aromatic ring is 1. The maximum Gasteiger partial charge on any atom is 0.328 e. The first-order valence-electron chi connectivity index (χ1n) is 9.00. The Bertz CT molecular complexity index is 899. The Hall–Kier alpha value is -3.37. The number of nitrogens with one attached hydrogen (secondary N) is 2. The topological polar surface area (TPSA) is 157 Å². The van der Waals surface area contributed by atoms with Gasteiger partial charge in [-0.25, -0.2) is 9.78 Å². The van der Waals surface area contributed by atoms with Crippen LogP contribution in [0.4, 0.5) is 23.0 Å². The second kappa shape index (κ2) is 10.2. The van der Waals surface area contributed by atoms with E-state index in [2.05, 4.69) is 25.8 Å². The van der Waals surface area contributed by atoms with E-state index in [1.807, 2.05) is 13.8 Å². The van der Waals surface area contributed by atoms with Crippen molar-refractivity contribution in [3.05, 3.63) is 36.4 Å². The van der Waals surface area contributed by atoms with Gasteiger partial charge < -0.3 is 26.8 Å². The molecule has 29 heavy (non-hydrogen) atoms. The number of aromatic nitrogens is 1. The van der Waals surface area contributed by atoms with Gasteiger partial charge in [-0.2, -0.15) is 0 Å². The van der Waals surface area contributed by atoms with Crippen molar-refractivity contribution in [3.63, 3.8) is 0 Å². The number of amides is 1. The van der Waals surface area contributed by atoms with Crippen LogP contribution < -0.4 is 26.8 Å². The molecular formula is C19H25N7O3. The summed E-state index contributed by atoms with van der Waals surface area (Å²) in [6.07, 6.45) is 0. The SMILES string of the molecule is CNCC(=O)Nc1ccc(N=Nc2ccccc2OC(=O)[C@@H](N)C(C)C)c(N)n1. The lowest BCUT2D eigenvalue weighted by atomic mass is 10.1. The average Bonchev–Trinajstić information content (AvgIpc) is 2.67. The van der Waals surface area contributed by atoms with Crippen LogP contribution in [0.1, 0.15) is 13.8 Å². The van der Waals surface area contributed by atoms with Crippen molar-refractivity contribution in [1.82, 2.24) is 10.3 Å². The van der Waals surface area contributed by atoms with Gasteiger partial charge in [0.15, 0.2) is 11.6 Å². The number of nitrogens with two attached hydrogens (primary N) is 2. The van der Waals surface area contributed by atoms with Crippen molar-refractivity contribution in [1.29, 1.82) is 0 Å². The van der Waals surface area contributed by atoms with Gasteiger partial charge in [-0.1, -0.05) is 26.0 Å². The quantitative estimate of drug-likeness (QED) is 0.301. The highest BCUT2D eigenvalue weighted by molar-refractivity contribution is 5.91. The molecule has 1 aromatic heterocycles. The van der Waals surface area contributed by atoms with Gasteiger partial charge in [0.2, 0.25) is 5.91 Å². The number of benzene rings is 1. The summed E-state index contributed by atoms with van der Waals surface area (Å²) in [7, 11) is 1.66. The van der Waals surface area contributed by atoms with Gasteiger partial charge in [0.05, 0.1) is 6.54 Å². The van der Waals surface area contributed by atoms with E-state index in [4.69, 9.17) is 16.2 Å². The minimum Gasteiger partial charge on any atom is -0.423 e. The molecule has 2 aromatic rings. The van der Waals surface area contributed by atoms with Crippen molar-refractivity contribution < 1.29 is 14.3 Å². The van der Waals surface area contributed by atoms with Crippen LogP contribution in [0.3, 0.4) is 0 Å². The molecule has 1 amide bonds. The summed E-state index contributed by atoms with van der Waals surface area (Å²) in [5.41, 5.74) is 12.4. The molecule has 1 atom stereocenters. The van der Waals surface area contributed by atoms with Gasteiger partial charge in [0.25, 0.3) is 0 Å². The smallest absolute Gasteiger partial charge is 0.328 e. The average molecular weight is 399 g/mol. The number of hydrogen-bond donors (Lipinski definition) is 4. The number of ether oxygens (including phenoxy) is 1. The molecule has 0 bridgehead atoms. The van der Waals surface area contributed by atoms with Crippen LogP contribution in [-0.4, -0.2) is 36.5 Å². The largest absolute Gasteiger partial charge is 0.423 e. The summed E-state index contributed by atoms with van der Waals surface area (Å²) in [6.45, 7) is 3.81. The summed E-state index contributed by atoms with van der Waals surface area (Å²) in [4.78, 5) is 27.8. The molecule has 154 valence electrons. The standard InChI is InChI=1S/C19H25N7O3/c1-11(2)17(20)19(28)29-14-7-5-4-6-12(14)25-26-13-8-9-15(24-18(13)21)23-16(27)10-22-3/h4-9,11,17,22H,10,20H2,1-3H3,(H3,21,23,24,27)/t17-/m0/s1. The van der Waals surface area contributed by atoms with E-state index in [9.17, 15) is 9.59 Å². The van der Waals surface area contributed by atoms with Crippen LogP contribution in [0.5, 0.6) is 5.75 Å². The second-order valence-corrected chi connectivity index (χ2v) is 6.54. The van der Waals surface area contributed by atoms with Crippen LogP contribution in [0.2, 0.25) is 0 Å². The first-order valence-corrected chi connectivity index (χ1v) is 9.00. The van der Waals surface area contributed by atoms with E-state index in [0.717, 1.165) is 0 Å².